The molecule has 3 heterocycles. The molecule has 1 saturated heterocycles. The molecule has 140 valence electrons. The molecule has 1 N–H and O–H groups in total. The normalized spacial score (nSPS) is 14.5. The maximum absolute atomic E-state index is 12.9. The Bertz CT molecular complexity index is 937. The second-order valence-corrected chi connectivity index (χ2v) is 6.16. The molecule has 8 nitrogen and oxygen atoms in total. The van der Waals surface area contributed by atoms with E-state index in [2.05, 4.69) is 25.3 Å². The zero-order chi connectivity index (χ0) is 18.6. The standard InChI is InChI=1S/C18H19FN6O2/c19-14-3-1-13(2-4-14)18(26)20-5-6-25-17-15(11-23-25)16(21-12-22-17)24-7-9-27-10-8-24/h1-4,11-12H,5-10H2,(H,20,26). The number of amides is 1. The number of hydrogen-bond donors (Lipinski definition) is 1. The monoisotopic (exact) mass is 370 g/mol. The topological polar surface area (TPSA) is 85.2 Å². The van der Waals surface area contributed by atoms with Crippen molar-refractivity contribution >= 4 is 22.8 Å². The Morgan fingerprint density at radius 1 is 1.19 bits per heavy atom. The summed E-state index contributed by atoms with van der Waals surface area (Å²) in [5.74, 6) is 0.227. The van der Waals surface area contributed by atoms with Crippen molar-refractivity contribution in [2.75, 3.05) is 37.7 Å². The van der Waals surface area contributed by atoms with Gasteiger partial charge in [0, 0.05) is 25.2 Å². The van der Waals surface area contributed by atoms with E-state index in [0.29, 0.717) is 31.9 Å². The van der Waals surface area contributed by atoms with Gasteiger partial charge in [0.25, 0.3) is 5.91 Å². The molecular weight excluding hydrogens is 351 g/mol. The summed E-state index contributed by atoms with van der Waals surface area (Å²) in [6, 6.07) is 5.44. The van der Waals surface area contributed by atoms with Gasteiger partial charge in [0.2, 0.25) is 0 Å². The number of carbonyl (C=O) groups is 1. The molecule has 0 spiro atoms. The summed E-state index contributed by atoms with van der Waals surface area (Å²) in [5, 5.41) is 8.07. The number of benzene rings is 1. The number of hydrogen-bond acceptors (Lipinski definition) is 6. The molecule has 1 fully saturated rings. The third kappa shape index (κ3) is 3.72. The van der Waals surface area contributed by atoms with Gasteiger partial charge in [-0.3, -0.25) is 4.79 Å². The van der Waals surface area contributed by atoms with E-state index in [-0.39, 0.29) is 11.7 Å². The van der Waals surface area contributed by atoms with Crippen LogP contribution in [0.25, 0.3) is 11.0 Å². The lowest BCUT2D eigenvalue weighted by Gasteiger charge is -2.27. The summed E-state index contributed by atoms with van der Waals surface area (Å²) in [4.78, 5) is 23.0. The van der Waals surface area contributed by atoms with Crippen LogP contribution in [0.2, 0.25) is 0 Å². The van der Waals surface area contributed by atoms with Gasteiger partial charge in [-0.25, -0.2) is 19.0 Å². The van der Waals surface area contributed by atoms with E-state index in [1.54, 1.807) is 10.9 Å². The van der Waals surface area contributed by atoms with Gasteiger partial charge in [0.05, 0.1) is 31.3 Å². The highest BCUT2D eigenvalue weighted by Gasteiger charge is 2.18. The molecule has 27 heavy (non-hydrogen) atoms. The van der Waals surface area contributed by atoms with Crippen LogP contribution in [-0.2, 0) is 11.3 Å². The van der Waals surface area contributed by atoms with E-state index < -0.39 is 0 Å². The fourth-order valence-electron chi connectivity index (χ4n) is 3.05. The van der Waals surface area contributed by atoms with Crippen molar-refractivity contribution in [2.45, 2.75) is 6.54 Å². The highest BCUT2D eigenvalue weighted by Crippen LogP contribution is 2.23. The maximum atomic E-state index is 12.9. The minimum atomic E-state index is -0.370. The smallest absolute Gasteiger partial charge is 0.251 e. The number of carbonyl (C=O) groups excluding carboxylic acids is 1. The van der Waals surface area contributed by atoms with Crippen LogP contribution in [0.5, 0.6) is 0 Å². The third-order valence-electron chi connectivity index (χ3n) is 4.44. The first-order valence-electron chi connectivity index (χ1n) is 8.75. The van der Waals surface area contributed by atoms with Crippen molar-refractivity contribution in [1.82, 2.24) is 25.1 Å². The number of fused-ring (bicyclic) bond motifs is 1. The highest BCUT2D eigenvalue weighted by molar-refractivity contribution is 5.94. The summed E-state index contributed by atoms with van der Waals surface area (Å²) >= 11 is 0. The highest BCUT2D eigenvalue weighted by atomic mass is 19.1. The first-order valence-corrected chi connectivity index (χ1v) is 8.75. The van der Waals surface area contributed by atoms with Crippen LogP contribution in [0.4, 0.5) is 10.2 Å². The van der Waals surface area contributed by atoms with E-state index in [9.17, 15) is 9.18 Å². The van der Waals surface area contributed by atoms with Crippen LogP contribution in [0.3, 0.4) is 0 Å². The van der Waals surface area contributed by atoms with Crippen molar-refractivity contribution in [1.29, 1.82) is 0 Å². The Hall–Kier alpha value is -3.07. The number of morpholine rings is 1. The minimum Gasteiger partial charge on any atom is -0.378 e. The lowest BCUT2D eigenvalue weighted by atomic mass is 10.2. The van der Waals surface area contributed by atoms with Gasteiger partial charge in [0.1, 0.15) is 18.0 Å². The Kier molecular flexibility index (Phi) is 4.93. The summed E-state index contributed by atoms with van der Waals surface area (Å²) in [5.41, 5.74) is 1.14. The van der Waals surface area contributed by atoms with Crippen molar-refractivity contribution in [3.8, 4) is 0 Å². The molecule has 4 rings (SSSR count). The Labute approximate surface area is 155 Å². The molecule has 1 aliphatic heterocycles. The first kappa shape index (κ1) is 17.3. The molecule has 0 radical (unpaired) electrons. The quantitative estimate of drug-likeness (QED) is 0.727. The number of aromatic nitrogens is 4. The van der Waals surface area contributed by atoms with Gasteiger partial charge in [-0.2, -0.15) is 5.10 Å². The van der Waals surface area contributed by atoms with Gasteiger partial charge in [-0.05, 0) is 24.3 Å². The Morgan fingerprint density at radius 3 is 2.74 bits per heavy atom. The van der Waals surface area contributed by atoms with Crippen LogP contribution in [0.15, 0.2) is 36.8 Å². The Morgan fingerprint density at radius 2 is 1.96 bits per heavy atom. The SMILES string of the molecule is O=C(NCCn1ncc2c(N3CCOCC3)ncnc21)c1ccc(F)cc1. The first-order chi connectivity index (χ1) is 13.2. The fourth-order valence-corrected chi connectivity index (χ4v) is 3.05. The second-order valence-electron chi connectivity index (χ2n) is 6.16. The van der Waals surface area contributed by atoms with Crippen molar-refractivity contribution < 1.29 is 13.9 Å². The Balaban J connectivity index is 1.43. The van der Waals surface area contributed by atoms with E-state index in [1.807, 2.05) is 0 Å². The molecule has 9 heteroatoms. The average molecular weight is 370 g/mol. The molecule has 2 aromatic heterocycles. The lowest BCUT2D eigenvalue weighted by molar-refractivity contribution is 0.0952. The third-order valence-corrected chi connectivity index (χ3v) is 4.44. The maximum Gasteiger partial charge on any atom is 0.251 e. The van der Waals surface area contributed by atoms with Gasteiger partial charge in [-0.1, -0.05) is 0 Å². The zero-order valence-electron chi connectivity index (χ0n) is 14.6. The number of ether oxygens (including phenoxy) is 1. The number of anilines is 1. The molecule has 0 aliphatic carbocycles. The predicted molar refractivity (Wildman–Crippen MR) is 97.1 cm³/mol. The fraction of sp³-hybridized carbons (Fsp3) is 0.333. The summed E-state index contributed by atoms with van der Waals surface area (Å²) in [7, 11) is 0. The number of nitrogens with one attached hydrogen (secondary N) is 1. The van der Waals surface area contributed by atoms with Crippen molar-refractivity contribution in [2.24, 2.45) is 0 Å². The summed E-state index contributed by atoms with van der Waals surface area (Å²) in [6.45, 7) is 3.76. The van der Waals surface area contributed by atoms with Crippen LogP contribution in [0, 0.1) is 5.82 Å². The molecule has 1 amide bonds. The van der Waals surface area contributed by atoms with Crippen LogP contribution in [-0.4, -0.2) is 58.5 Å². The van der Waals surface area contributed by atoms with Gasteiger partial charge in [-0.15, -0.1) is 0 Å². The van der Waals surface area contributed by atoms with Gasteiger partial charge >= 0.3 is 0 Å². The average Bonchev–Trinajstić information content (AvgIpc) is 3.12. The summed E-state index contributed by atoms with van der Waals surface area (Å²) in [6.07, 6.45) is 3.28. The number of rotatable bonds is 5. The second kappa shape index (κ2) is 7.67. The predicted octanol–water partition coefficient (Wildman–Crippen LogP) is 1.23. The molecular formula is C18H19FN6O2. The van der Waals surface area contributed by atoms with E-state index in [0.717, 1.165) is 29.9 Å². The van der Waals surface area contributed by atoms with Crippen LogP contribution >= 0.6 is 0 Å². The van der Waals surface area contributed by atoms with Gasteiger partial charge in [0.15, 0.2) is 5.65 Å². The molecule has 1 aliphatic rings. The van der Waals surface area contributed by atoms with Crippen molar-refractivity contribution in [3.63, 3.8) is 0 Å². The molecule has 0 unspecified atom stereocenters. The van der Waals surface area contributed by atoms with E-state index >= 15 is 0 Å². The van der Waals surface area contributed by atoms with E-state index in [1.165, 1.54) is 30.6 Å². The van der Waals surface area contributed by atoms with Crippen molar-refractivity contribution in [3.05, 3.63) is 48.2 Å². The zero-order valence-corrected chi connectivity index (χ0v) is 14.6. The minimum absolute atomic E-state index is 0.255. The van der Waals surface area contributed by atoms with Crippen LogP contribution in [0.1, 0.15) is 10.4 Å². The molecule has 0 atom stereocenters. The molecule has 0 saturated carbocycles. The molecule has 0 bridgehead atoms. The molecule has 1 aromatic carbocycles. The molecule has 3 aromatic rings. The largest absolute Gasteiger partial charge is 0.378 e. The van der Waals surface area contributed by atoms with E-state index in [4.69, 9.17) is 4.74 Å². The van der Waals surface area contributed by atoms with Crippen LogP contribution < -0.4 is 10.2 Å². The summed E-state index contributed by atoms with van der Waals surface area (Å²) < 4.78 is 20.1. The number of halogens is 1. The number of nitrogens with zero attached hydrogens (tertiary/aromatic N) is 5. The van der Waals surface area contributed by atoms with Gasteiger partial charge < -0.3 is 15.0 Å². The lowest BCUT2D eigenvalue weighted by Crippen LogP contribution is -2.36.